The van der Waals surface area contributed by atoms with Crippen LogP contribution in [0.2, 0.25) is 37.8 Å². The second-order valence-electron chi connectivity index (χ2n) is 18.4. The Morgan fingerprint density at radius 1 is 0.479 bits per heavy atom. The van der Waals surface area contributed by atoms with E-state index in [-0.39, 0.29) is 0 Å². The van der Waals surface area contributed by atoms with E-state index >= 15 is 0 Å². The molecule has 6 heterocycles. The lowest BCUT2D eigenvalue weighted by Gasteiger charge is -2.55. The number of hydrogen-bond acceptors (Lipinski definition) is 8. The van der Waals surface area contributed by atoms with E-state index in [1.54, 1.807) is 0 Å². The van der Waals surface area contributed by atoms with E-state index in [0.717, 1.165) is 48.6 Å². The molecule has 274 valence electrons. The molecule has 12 heteroatoms. The van der Waals surface area contributed by atoms with Gasteiger partial charge >= 0.3 is 25.7 Å². The summed E-state index contributed by atoms with van der Waals surface area (Å²) in [5.74, 6) is 3.79. The van der Waals surface area contributed by atoms with Crippen molar-refractivity contribution in [2.24, 2.45) is 23.7 Å². The predicted molar refractivity (Wildman–Crippen MR) is 194 cm³/mol. The summed E-state index contributed by atoms with van der Waals surface area (Å²) >= 11 is 0. The second kappa shape index (κ2) is 13.2. The minimum Gasteiger partial charge on any atom is -0.414 e. The summed E-state index contributed by atoms with van der Waals surface area (Å²) in [6, 6.07) is 3.10. The Balaban J connectivity index is 0.944. The van der Waals surface area contributed by atoms with Crippen molar-refractivity contribution in [2.45, 2.75) is 189 Å². The highest BCUT2D eigenvalue weighted by atomic mass is 32.3. The fourth-order valence-electron chi connectivity index (χ4n) is 11.0. The van der Waals surface area contributed by atoms with Crippen LogP contribution in [-0.4, -0.2) is 86.5 Å². The number of rotatable bonds is 12. The lowest BCUT2D eigenvalue weighted by Crippen LogP contribution is -2.61. The second-order valence-corrected chi connectivity index (χ2v) is 31.9. The lowest BCUT2D eigenvalue weighted by molar-refractivity contribution is -0.185. The Labute approximate surface area is 295 Å². The van der Waals surface area contributed by atoms with E-state index in [2.05, 4.69) is 25.9 Å². The monoisotopic (exact) mass is 740 g/mol. The zero-order valence-electron chi connectivity index (χ0n) is 30.2. The SMILES string of the molecule is C[Si]1(CCC2CCC3CC2O3)O[Si](C)(CCC2CCC3OC3C2)OS(C)(CCC2CCC3OC3C2)O[Si](C)(CCC2CCC3OC3C2)O1. The van der Waals surface area contributed by atoms with Crippen molar-refractivity contribution in [1.29, 1.82) is 0 Å². The molecule has 4 aliphatic carbocycles. The molecule has 0 amide bonds. The van der Waals surface area contributed by atoms with E-state index in [4.69, 9.17) is 34.9 Å². The highest BCUT2D eigenvalue weighted by molar-refractivity contribution is 8.26. The van der Waals surface area contributed by atoms with Gasteiger partial charge in [-0.3, -0.25) is 7.74 Å². The topological polar surface area (TPSA) is 83.7 Å². The first-order chi connectivity index (χ1) is 23.0. The molecule has 0 aromatic carbocycles. The largest absolute Gasteiger partial charge is 0.414 e. The van der Waals surface area contributed by atoms with Gasteiger partial charge in [0.15, 0.2) is 0 Å². The smallest absolute Gasteiger partial charge is 0.350 e. The maximum absolute atomic E-state index is 7.65. The number of ether oxygens (including phenoxy) is 4. The molecule has 10 rings (SSSR count). The van der Waals surface area contributed by atoms with Gasteiger partial charge in [-0.25, -0.2) is 10.6 Å². The summed E-state index contributed by atoms with van der Waals surface area (Å²) in [6.45, 7) is 7.16. The van der Waals surface area contributed by atoms with Gasteiger partial charge in [0, 0.05) is 18.4 Å². The minimum atomic E-state index is -2.63. The summed E-state index contributed by atoms with van der Waals surface area (Å²) < 4.78 is 54.5. The van der Waals surface area contributed by atoms with Crippen LogP contribution in [0.15, 0.2) is 0 Å². The number of fused-ring (bicyclic) bond motifs is 5. The van der Waals surface area contributed by atoms with E-state index in [9.17, 15) is 0 Å². The fraction of sp³-hybridized carbons (Fsp3) is 1.00. The summed E-state index contributed by atoms with van der Waals surface area (Å²) in [4.78, 5) is 0. The molecule has 14 unspecified atom stereocenters. The van der Waals surface area contributed by atoms with Gasteiger partial charge in [0.1, 0.15) is 0 Å². The molecule has 48 heavy (non-hydrogen) atoms. The van der Waals surface area contributed by atoms with Gasteiger partial charge in [-0.2, -0.15) is 0 Å². The van der Waals surface area contributed by atoms with Crippen LogP contribution in [0.5, 0.6) is 0 Å². The zero-order valence-corrected chi connectivity index (χ0v) is 34.1. The highest BCUT2D eigenvalue weighted by Gasteiger charge is 2.56. The normalized spacial score (nSPS) is 56.6. The first kappa shape index (κ1) is 34.4. The maximum Gasteiger partial charge on any atom is 0.350 e. The first-order valence-corrected chi connectivity index (χ1v) is 29.8. The molecular weight excluding hydrogens is 677 g/mol. The molecule has 2 bridgehead atoms. The van der Waals surface area contributed by atoms with Crippen molar-refractivity contribution < 1.29 is 34.9 Å². The van der Waals surface area contributed by atoms with Crippen LogP contribution in [0.4, 0.5) is 0 Å². The van der Waals surface area contributed by atoms with Crippen LogP contribution in [-0.2, 0) is 34.9 Å². The van der Waals surface area contributed by atoms with Gasteiger partial charge in [-0.1, -0.05) is 0 Å². The molecule has 0 aromatic heterocycles. The number of epoxide rings is 3. The molecule has 0 spiro atoms. The molecule has 4 saturated carbocycles. The summed E-state index contributed by atoms with van der Waals surface area (Å²) in [6.07, 6.45) is 26.2. The van der Waals surface area contributed by atoms with Crippen LogP contribution in [0.3, 0.4) is 0 Å². The Hall–Kier alpha value is 0.681. The van der Waals surface area contributed by atoms with Crippen LogP contribution < -0.4 is 0 Å². The molecule has 0 radical (unpaired) electrons. The van der Waals surface area contributed by atoms with Crippen LogP contribution in [0.1, 0.15) is 103 Å². The third-order valence-electron chi connectivity index (χ3n) is 14.0. The summed E-state index contributed by atoms with van der Waals surface area (Å²) in [5, 5.41) is 0. The maximum atomic E-state index is 7.65. The number of hydrogen-bond donors (Lipinski definition) is 0. The van der Waals surface area contributed by atoms with Gasteiger partial charge in [0.05, 0.1) is 48.8 Å². The molecular formula is C36H64O8SSi3. The predicted octanol–water partition coefficient (Wildman–Crippen LogP) is 8.38. The van der Waals surface area contributed by atoms with Crippen molar-refractivity contribution in [3.05, 3.63) is 0 Å². The Kier molecular flexibility index (Phi) is 9.48. The molecule has 14 atom stereocenters. The Bertz CT molecular complexity index is 1130. The van der Waals surface area contributed by atoms with Crippen molar-refractivity contribution in [1.82, 2.24) is 0 Å². The highest BCUT2D eigenvalue weighted by Crippen LogP contribution is 2.58. The van der Waals surface area contributed by atoms with Crippen molar-refractivity contribution >= 4 is 36.3 Å². The fourth-order valence-corrected chi connectivity index (χ4v) is 32.6. The van der Waals surface area contributed by atoms with Gasteiger partial charge in [-0.05, 0) is 158 Å². The third kappa shape index (κ3) is 7.95. The van der Waals surface area contributed by atoms with Crippen molar-refractivity contribution in [3.63, 3.8) is 0 Å². The quantitative estimate of drug-likeness (QED) is 0.146. The first-order valence-electron chi connectivity index (χ1n) is 20.2. The van der Waals surface area contributed by atoms with E-state index in [0.29, 0.717) is 60.7 Å². The molecule has 10 aliphatic rings. The summed E-state index contributed by atoms with van der Waals surface area (Å²) in [7, 11) is -9.72. The molecule has 8 nitrogen and oxygen atoms in total. The molecule has 6 saturated heterocycles. The molecule has 10 fully saturated rings. The van der Waals surface area contributed by atoms with E-state index in [1.165, 1.54) is 89.9 Å². The van der Waals surface area contributed by atoms with Crippen LogP contribution >= 0.6 is 10.6 Å². The van der Waals surface area contributed by atoms with Crippen molar-refractivity contribution in [3.8, 4) is 0 Å². The average molecular weight is 741 g/mol. The Morgan fingerprint density at radius 3 is 1.42 bits per heavy atom. The molecule has 0 N–H and O–H groups in total. The molecule has 0 aromatic rings. The standard InChI is InChI=1S/C36H64O8SSi3/c1-45(17-13-25-5-10-30-34(21-25)38-30)41-46(2,18-14-26-6-11-31-35(22-26)39-31)43-48(4,20-16-28-8-9-29-24-33(28)37-29)44-47(3,42-45)19-15-27-7-12-32-36(23-27)40-32/h25-36H,5-24H2,1-4H3. The van der Waals surface area contributed by atoms with Gasteiger partial charge < -0.3 is 27.2 Å². The van der Waals surface area contributed by atoms with Gasteiger partial charge in [-0.15, -0.1) is 0 Å². The van der Waals surface area contributed by atoms with Crippen LogP contribution in [0.25, 0.3) is 0 Å². The third-order valence-corrected chi connectivity index (χ3v) is 31.2. The van der Waals surface area contributed by atoms with E-state index < -0.39 is 36.3 Å². The summed E-state index contributed by atoms with van der Waals surface area (Å²) in [5.41, 5.74) is 0. The Morgan fingerprint density at radius 2 is 0.958 bits per heavy atom. The van der Waals surface area contributed by atoms with Crippen LogP contribution in [0, 0.1) is 23.7 Å². The zero-order chi connectivity index (χ0) is 32.7. The lowest BCUT2D eigenvalue weighted by atomic mass is 9.79. The minimum absolute atomic E-state index is 0.457. The average Bonchev–Trinajstić information content (AvgIpc) is 3.92. The molecule has 6 aliphatic heterocycles. The van der Waals surface area contributed by atoms with Gasteiger partial charge in [0.25, 0.3) is 0 Å². The van der Waals surface area contributed by atoms with E-state index in [1.807, 2.05) is 0 Å². The van der Waals surface area contributed by atoms with Crippen molar-refractivity contribution in [2.75, 3.05) is 12.0 Å². The van der Waals surface area contributed by atoms with Gasteiger partial charge in [0.2, 0.25) is 0 Å².